The van der Waals surface area contributed by atoms with Crippen LogP contribution in [0.5, 0.6) is 5.75 Å². The number of carbonyl (C=O) groups is 1. The van der Waals surface area contributed by atoms with Crippen LogP contribution in [0.25, 0.3) is 0 Å². The number of aryl methyl sites for hydroxylation is 2. The normalized spacial score (nSPS) is 16.5. The van der Waals surface area contributed by atoms with Crippen molar-refractivity contribution in [1.82, 2.24) is 0 Å². The van der Waals surface area contributed by atoms with Crippen LogP contribution in [0.2, 0.25) is 0 Å². The van der Waals surface area contributed by atoms with Gasteiger partial charge in [-0.15, -0.1) is 0 Å². The lowest BCUT2D eigenvalue weighted by Gasteiger charge is -2.29. The molecule has 1 saturated carbocycles. The van der Waals surface area contributed by atoms with Crippen molar-refractivity contribution < 1.29 is 14.3 Å². The first-order valence-corrected chi connectivity index (χ1v) is 9.11. The fourth-order valence-electron chi connectivity index (χ4n) is 3.03. The zero-order valence-corrected chi connectivity index (χ0v) is 15.7. The van der Waals surface area contributed by atoms with Crippen LogP contribution in [0.4, 0.5) is 5.69 Å². The molecular formula is C20H31NO3. The number of anilines is 1. The van der Waals surface area contributed by atoms with Crippen molar-refractivity contribution in [3.8, 4) is 5.75 Å². The molecule has 1 aromatic carbocycles. The summed E-state index contributed by atoms with van der Waals surface area (Å²) < 4.78 is 11.7. The minimum Gasteiger partial charge on any atom is -0.493 e. The van der Waals surface area contributed by atoms with Crippen molar-refractivity contribution in [2.75, 3.05) is 18.5 Å². The maximum Gasteiger partial charge on any atom is 0.256 e. The van der Waals surface area contributed by atoms with Gasteiger partial charge in [-0.1, -0.05) is 13.8 Å². The van der Waals surface area contributed by atoms with Gasteiger partial charge in [-0.2, -0.15) is 0 Å². The Labute approximate surface area is 145 Å². The zero-order valence-electron chi connectivity index (χ0n) is 15.7. The van der Waals surface area contributed by atoms with Crippen molar-refractivity contribution >= 4 is 11.6 Å². The molecule has 0 saturated heterocycles. The molecule has 0 spiro atoms. The zero-order chi connectivity index (χ0) is 17.7. The predicted octanol–water partition coefficient (Wildman–Crippen LogP) is 4.63. The van der Waals surface area contributed by atoms with Gasteiger partial charge in [0.2, 0.25) is 0 Å². The van der Waals surface area contributed by atoms with E-state index in [0.717, 1.165) is 48.2 Å². The van der Waals surface area contributed by atoms with Crippen LogP contribution in [-0.4, -0.2) is 24.7 Å². The second kappa shape index (κ2) is 8.02. The quantitative estimate of drug-likeness (QED) is 0.717. The number of amides is 1. The van der Waals surface area contributed by atoms with E-state index in [4.69, 9.17) is 9.47 Å². The summed E-state index contributed by atoms with van der Waals surface area (Å²) in [6, 6.07) is 3.95. The van der Waals surface area contributed by atoms with Crippen molar-refractivity contribution in [2.24, 2.45) is 5.92 Å². The summed E-state index contributed by atoms with van der Waals surface area (Å²) in [6.07, 6.45) is 4.02. The van der Waals surface area contributed by atoms with Crippen molar-refractivity contribution in [1.29, 1.82) is 0 Å². The SMILES string of the molecule is CCCOc1c(C)cc(NC(=O)C(C)(OCCC)C2CC2)cc1C. The lowest BCUT2D eigenvalue weighted by molar-refractivity contribution is -0.142. The highest BCUT2D eigenvalue weighted by atomic mass is 16.5. The Balaban J connectivity index is 2.13. The minimum absolute atomic E-state index is 0.0422. The van der Waals surface area contributed by atoms with Crippen molar-refractivity contribution in [3.05, 3.63) is 23.3 Å². The number of ether oxygens (including phenoxy) is 2. The molecule has 1 unspecified atom stereocenters. The highest BCUT2D eigenvalue weighted by Gasteiger charge is 2.48. The molecule has 134 valence electrons. The average Bonchev–Trinajstić information content (AvgIpc) is 3.37. The Bertz CT molecular complexity index is 557. The average molecular weight is 333 g/mol. The molecule has 4 nitrogen and oxygen atoms in total. The van der Waals surface area contributed by atoms with Gasteiger partial charge in [0.1, 0.15) is 11.4 Å². The Hall–Kier alpha value is -1.55. The molecule has 1 aliphatic rings. The Morgan fingerprint density at radius 3 is 2.25 bits per heavy atom. The summed E-state index contributed by atoms with van der Waals surface area (Å²) in [5.74, 6) is 1.21. The van der Waals surface area contributed by atoms with Crippen molar-refractivity contribution in [3.63, 3.8) is 0 Å². The van der Waals surface area contributed by atoms with E-state index < -0.39 is 5.60 Å². The number of benzene rings is 1. The molecule has 1 N–H and O–H groups in total. The van der Waals surface area contributed by atoms with Gasteiger partial charge >= 0.3 is 0 Å². The molecule has 1 aromatic rings. The topological polar surface area (TPSA) is 47.6 Å². The van der Waals surface area contributed by atoms with Crippen LogP contribution >= 0.6 is 0 Å². The third-order valence-corrected chi connectivity index (χ3v) is 4.58. The van der Waals surface area contributed by atoms with E-state index in [1.807, 2.05) is 32.9 Å². The number of carbonyl (C=O) groups excluding carboxylic acids is 1. The largest absolute Gasteiger partial charge is 0.493 e. The summed E-state index contributed by atoms with van der Waals surface area (Å²) in [4.78, 5) is 12.8. The molecule has 2 rings (SSSR count). The van der Waals surface area contributed by atoms with Gasteiger partial charge in [0.15, 0.2) is 0 Å². The highest BCUT2D eigenvalue weighted by Crippen LogP contribution is 2.42. The molecule has 1 aliphatic carbocycles. The molecule has 0 aromatic heterocycles. The van der Waals surface area contributed by atoms with Crippen LogP contribution in [0, 0.1) is 19.8 Å². The van der Waals surface area contributed by atoms with Crippen LogP contribution in [0.15, 0.2) is 12.1 Å². The number of hydrogen-bond donors (Lipinski definition) is 1. The molecule has 0 radical (unpaired) electrons. The summed E-state index contributed by atoms with van der Waals surface area (Å²) in [5, 5.41) is 3.06. The van der Waals surface area contributed by atoms with Crippen molar-refractivity contribution in [2.45, 2.75) is 65.9 Å². The first kappa shape index (κ1) is 18.8. The van der Waals surface area contributed by atoms with Crippen LogP contribution in [0.3, 0.4) is 0 Å². The molecule has 1 amide bonds. The molecular weight excluding hydrogens is 302 g/mol. The van der Waals surface area contributed by atoms with E-state index in [0.29, 0.717) is 19.1 Å². The van der Waals surface area contributed by atoms with E-state index in [1.165, 1.54) is 0 Å². The van der Waals surface area contributed by atoms with Crippen LogP contribution in [-0.2, 0) is 9.53 Å². The molecule has 1 atom stereocenters. The van der Waals surface area contributed by atoms with Gasteiger partial charge in [-0.25, -0.2) is 0 Å². The monoisotopic (exact) mass is 333 g/mol. The lowest BCUT2D eigenvalue weighted by Crippen LogP contribution is -2.45. The van der Waals surface area contributed by atoms with E-state index in [1.54, 1.807) is 0 Å². The van der Waals surface area contributed by atoms with Gasteiger partial charge in [0.05, 0.1) is 6.61 Å². The molecule has 1 fully saturated rings. The molecule has 0 heterocycles. The van der Waals surface area contributed by atoms with Gasteiger partial charge in [-0.3, -0.25) is 4.79 Å². The van der Waals surface area contributed by atoms with Gasteiger partial charge in [0, 0.05) is 12.3 Å². The van der Waals surface area contributed by atoms with E-state index >= 15 is 0 Å². The minimum atomic E-state index is -0.727. The number of hydrogen-bond acceptors (Lipinski definition) is 3. The summed E-state index contributed by atoms with van der Waals surface area (Å²) >= 11 is 0. The standard InChI is InChI=1S/C20H31NO3/c1-6-10-23-18-14(3)12-17(13-15(18)4)21-19(22)20(5,16-8-9-16)24-11-7-2/h12-13,16H,6-11H2,1-5H3,(H,21,22). The third kappa shape index (κ3) is 4.29. The highest BCUT2D eigenvalue weighted by molar-refractivity contribution is 5.97. The van der Waals surface area contributed by atoms with Crippen LogP contribution in [0.1, 0.15) is 57.6 Å². The molecule has 0 aliphatic heterocycles. The van der Waals surface area contributed by atoms with Crippen LogP contribution < -0.4 is 10.1 Å². The Morgan fingerprint density at radius 2 is 1.75 bits per heavy atom. The summed E-state index contributed by atoms with van der Waals surface area (Å²) in [6.45, 7) is 11.4. The van der Waals surface area contributed by atoms with E-state index in [2.05, 4.69) is 19.2 Å². The van der Waals surface area contributed by atoms with E-state index in [-0.39, 0.29) is 5.91 Å². The lowest BCUT2D eigenvalue weighted by atomic mass is 9.98. The smallest absolute Gasteiger partial charge is 0.256 e. The second-order valence-electron chi connectivity index (χ2n) is 6.97. The number of rotatable bonds is 9. The molecule has 0 bridgehead atoms. The number of nitrogens with one attached hydrogen (secondary N) is 1. The van der Waals surface area contributed by atoms with Gasteiger partial charge in [-0.05, 0) is 75.6 Å². The van der Waals surface area contributed by atoms with Gasteiger partial charge < -0.3 is 14.8 Å². The molecule has 24 heavy (non-hydrogen) atoms. The maximum atomic E-state index is 12.8. The fourth-order valence-corrected chi connectivity index (χ4v) is 3.03. The Morgan fingerprint density at radius 1 is 1.17 bits per heavy atom. The fraction of sp³-hybridized carbons (Fsp3) is 0.650. The molecule has 4 heteroatoms. The predicted molar refractivity (Wildman–Crippen MR) is 97.7 cm³/mol. The maximum absolute atomic E-state index is 12.8. The Kier molecular flexibility index (Phi) is 6.27. The second-order valence-corrected chi connectivity index (χ2v) is 6.97. The first-order chi connectivity index (χ1) is 11.4. The van der Waals surface area contributed by atoms with Gasteiger partial charge in [0.25, 0.3) is 5.91 Å². The third-order valence-electron chi connectivity index (χ3n) is 4.58. The summed E-state index contributed by atoms with van der Waals surface area (Å²) in [5.41, 5.74) is 2.17. The van der Waals surface area contributed by atoms with E-state index in [9.17, 15) is 4.79 Å². The summed E-state index contributed by atoms with van der Waals surface area (Å²) in [7, 11) is 0. The first-order valence-electron chi connectivity index (χ1n) is 9.11.